The van der Waals surface area contributed by atoms with Gasteiger partial charge in [-0.3, -0.25) is 0 Å². The van der Waals surface area contributed by atoms with Crippen LogP contribution in [-0.4, -0.2) is 19.7 Å². The number of rotatable bonds is 5. The molecule has 0 saturated carbocycles. The Hall–Kier alpha value is -2.47. The molecule has 2 heterocycles. The van der Waals surface area contributed by atoms with Crippen LogP contribution in [0.4, 0.5) is 0 Å². The average molecular weight is 283 g/mol. The number of hydrogen-bond donors (Lipinski definition) is 1. The second kappa shape index (κ2) is 5.88. The molecule has 1 atom stereocenters. The number of aryl methyl sites for hydroxylation is 2. The molecule has 0 fully saturated rings. The molecular formula is C15H17N5O. The van der Waals surface area contributed by atoms with E-state index in [1.165, 1.54) is 5.56 Å². The lowest BCUT2D eigenvalue weighted by atomic mass is 10.1. The number of nitrogens with zero attached hydrogens (tertiary/aromatic N) is 4. The van der Waals surface area contributed by atoms with Gasteiger partial charge in [0.2, 0.25) is 11.7 Å². The highest BCUT2D eigenvalue weighted by molar-refractivity contribution is 5.47. The second-order valence-corrected chi connectivity index (χ2v) is 4.98. The maximum absolute atomic E-state index is 6.13. The molecule has 0 aliphatic rings. The molecule has 0 radical (unpaired) electrons. The molecule has 6 heteroatoms. The lowest BCUT2D eigenvalue weighted by molar-refractivity contribution is 0.349. The van der Waals surface area contributed by atoms with Crippen molar-refractivity contribution in [1.29, 1.82) is 0 Å². The minimum Gasteiger partial charge on any atom is -0.337 e. The third-order valence-corrected chi connectivity index (χ3v) is 3.39. The predicted octanol–water partition coefficient (Wildman–Crippen LogP) is 2.10. The summed E-state index contributed by atoms with van der Waals surface area (Å²) in [5.41, 5.74) is 8.18. The largest absolute Gasteiger partial charge is 0.337 e. The van der Waals surface area contributed by atoms with Crippen LogP contribution in [-0.2, 0) is 13.5 Å². The maximum atomic E-state index is 6.13. The molecule has 0 saturated heterocycles. The Balaban J connectivity index is 1.67. The third kappa shape index (κ3) is 3.00. The Morgan fingerprint density at radius 1 is 1.29 bits per heavy atom. The molecule has 0 aliphatic carbocycles. The zero-order valence-electron chi connectivity index (χ0n) is 11.8. The number of hydrogen-bond acceptors (Lipinski definition) is 5. The summed E-state index contributed by atoms with van der Waals surface area (Å²) >= 11 is 0. The van der Waals surface area contributed by atoms with Crippen LogP contribution >= 0.6 is 0 Å². The Morgan fingerprint density at radius 3 is 2.81 bits per heavy atom. The van der Waals surface area contributed by atoms with E-state index >= 15 is 0 Å². The first-order chi connectivity index (χ1) is 10.2. The number of aromatic nitrogens is 4. The van der Waals surface area contributed by atoms with Crippen molar-refractivity contribution >= 4 is 0 Å². The molecule has 3 aromatic rings. The summed E-state index contributed by atoms with van der Waals surface area (Å²) in [6, 6.07) is 9.95. The topological polar surface area (TPSA) is 82.8 Å². The molecule has 2 aromatic heterocycles. The molecule has 108 valence electrons. The molecule has 0 bridgehead atoms. The Labute approximate surface area is 122 Å². The minimum absolute atomic E-state index is 0.264. The standard InChI is InChI=1S/C15H17N5O/c1-20-10-17-9-13(20)14-18-15(21-19-14)12(16)8-7-11-5-3-2-4-6-11/h2-6,9-10,12H,7-8,16H2,1H3/t12-/m0/s1. The quantitative estimate of drug-likeness (QED) is 0.775. The van der Waals surface area contributed by atoms with E-state index in [1.807, 2.05) is 29.8 Å². The van der Waals surface area contributed by atoms with Crippen LogP contribution in [0.2, 0.25) is 0 Å². The fraction of sp³-hybridized carbons (Fsp3) is 0.267. The molecule has 0 unspecified atom stereocenters. The minimum atomic E-state index is -0.264. The fourth-order valence-corrected chi connectivity index (χ4v) is 2.15. The number of nitrogens with two attached hydrogens (primary N) is 1. The van der Waals surface area contributed by atoms with Crippen LogP contribution in [0, 0.1) is 0 Å². The SMILES string of the molecule is Cn1cncc1-c1noc([C@@H](N)CCc2ccccc2)n1. The Kier molecular flexibility index (Phi) is 3.79. The van der Waals surface area contributed by atoms with E-state index in [-0.39, 0.29) is 6.04 Å². The van der Waals surface area contributed by atoms with E-state index in [4.69, 9.17) is 10.3 Å². The van der Waals surface area contributed by atoms with Crippen LogP contribution < -0.4 is 5.73 Å². The van der Waals surface area contributed by atoms with Gasteiger partial charge in [-0.25, -0.2) is 4.98 Å². The zero-order chi connectivity index (χ0) is 14.7. The first kappa shape index (κ1) is 13.5. The third-order valence-electron chi connectivity index (χ3n) is 3.39. The summed E-state index contributed by atoms with van der Waals surface area (Å²) in [7, 11) is 1.88. The summed E-state index contributed by atoms with van der Waals surface area (Å²) in [4.78, 5) is 8.40. The predicted molar refractivity (Wildman–Crippen MR) is 78.2 cm³/mol. The summed E-state index contributed by atoms with van der Waals surface area (Å²) in [6.45, 7) is 0. The summed E-state index contributed by atoms with van der Waals surface area (Å²) < 4.78 is 7.10. The van der Waals surface area contributed by atoms with Crippen LogP contribution in [0.3, 0.4) is 0 Å². The Bertz CT molecular complexity index is 704. The molecule has 3 rings (SSSR count). The fourth-order valence-electron chi connectivity index (χ4n) is 2.15. The van der Waals surface area contributed by atoms with Crippen molar-refractivity contribution in [3.8, 4) is 11.5 Å². The molecular weight excluding hydrogens is 266 g/mol. The number of imidazole rings is 1. The Morgan fingerprint density at radius 2 is 2.10 bits per heavy atom. The van der Waals surface area contributed by atoms with Gasteiger partial charge >= 0.3 is 0 Å². The lowest BCUT2D eigenvalue weighted by Gasteiger charge is -2.06. The van der Waals surface area contributed by atoms with Gasteiger partial charge < -0.3 is 14.8 Å². The summed E-state index contributed by atoms with van der Waals surface area (Å²) in [6.07, 6.45) is 5.04. The first-order valence-corrected chi connectivity index (χ1v) is 6.84. The van der Waals surface area contributed by atoms with Crippen LogP contribution in [0.1, 0.15) is 23.9 Å². The van der Waals surface area contributed by atoms with Gasteiger partial charge in [0.05, 0.1) is 18.6 Å². The van der Waals surface area contributed by atoms with E-state index in [9.17, 15) is 0 Å². The van der Waals surface area contributed by atoms with Crippen LogP contribution in [0.15, 0.2) is 47.4 Å². The molecule has 21 heavy (non-hydrogen) atoms. The lowest BCUT2D eigenvalue weighted by Crippen LogP contribution is -2.11. The van der Waals surface area contributed by atoms with E-state index in [0.717, 1.165) is 18.5 Å². The van der Waals surface area contributed by atoms with E-state index in [0.29, 0.717) is 11.7 Å². The summed E-state index contributed by atoms with van der Waals surface area (Å²) in [5.74, 6) is 0.974. The van der Waals surface area contributed by atoms with Gasteiger partial charge in [0.15, 0.2) is 0 Å². The first-order valence-electron chi connectivity index (χ1n) is 6.84. The van der Waals surface area contributed by atoms with Gasteiger partial charge in [-0.15, -0.1) is 0 Å². The highest BCUT2D eigenvalue weighted by Gasteiger charge is 2.17. The van der Waals surface area contributed by atoms with E-state index in [2.05, 4.69) is 27.3 Å². The van der Waals surface area contributed by atoms with Gasteiger partial charge in [-0.2, -0.15) is 4.98 Å². The van der Waals surface area contributed by atoms with Crippen molar-refractivity contribution in [1.82, 2.24) is 19.7 Å². The van der Waals surface area contributed by atoms with Gasteiger partial charge in [0, 0.05) is 7.05 Å². The van der Waals surface area contributed by atoms with Crippen LogP contribution in [0.5, 0.6) is 0 Å². The molecule has 0 amide bonds. The zero-order valence-corrected chi connectivity index (χ0v) is 11.8. The van der Waals surface area contributed by atoms with Crippen molar-refractivity contribution < 1.29 is 4.52 Å². The maximum Gasteiger partial charge on any atom is 0.243 e. The number of benzene rings is 1. The monoisotopic (exact) mass is 283 g/mol. The van der Waals surface area contributed by atoms with Crippen molar-refractivity contribution in [2.24, 2.45) is 12.8 Å². The van der Waals surface area contributed by atoms with E-state index < -0.39 is 0 Å². The van der Waals surface area contributed by atoms with Gasteiger partial charge in [-0.05, 0) is 18.4 Å². The van der Waals surface area contributed by atoms with Crippen molar-refractivity contribution in [3.05, 3.63) is 54.3 Å². The molecule has 1 aromatic carbocycles. The van der Waals surface area contributed by atoms with Crippen LogP contribution in [0.25, 0.3) is 11.5 Å². The highest BCUT2D eigenvalue weighted by Crippen LogP contribution is 2.19. The summed E-state index contributed by atoms with van der Waals surface area (Å²) in [5, 5.41) is 3.97. The molecule has 6 nitrogen and oxygen atoms in total. The second-order valence-electron chi connectivity index (χ2n) is 4.98. The van der Waals surface area contributed by atoms with Gasteiger partial charge in [-0.1, -0.05) is 35.5 Å². The van der Waals surface area contributed by atoms with Crippen molar-refractivity contribution in [2.45, 2.75) is 18.9 Å². The molecule has 0 aliphatic heterocycles. The molecule has 0 spiro atoms. The highest BCUT2D eigenvalue weighted by atomic mass is 16.5. The van der Waals surface area contributed by atoms with Gasteiger partial charge in [0.1, 0.15) is 5.69 Å². The van der Waals surface area contributed by atoms with Gasteiger partial charge in [0.25, 0.3) is 0 Å². The van der Waals surface area contributed by atoms with Crippen molar-refractivity contribution in [2.75, 3.05) is 0 Å². The smallest absolute Gasteiger partial charge is 0.243 e. The average Bonchev–Trinajstić information content (AvgIpc) is 3.14. The van der Waals surface area contributed by atoms with Crippen molar-refractivity contribution in [3.63, 3.8) is 0 Å². The normalized spacial score (nSPS) is 12.5. The molecule has 2 N–H and O–H groups in total. The van der Waals surface area contributed by atoms with E-state index in [1.54, 1.807) is 12.5 Å².